The van der Waals surface area contributed by atoms with Crippen LogP contribution in [-0.2, 0) is 9.59 Å². The summed E-state index contributed by atoms with van der Waals surface area (Å²) in [5.74, 6) is -1.12. The van der Waals surface area contributed by atoms with Crippen LogP contribution in [0.2, 0.25) is 0 Å². The molecule has 0 radical (unpaired) electrons. The molecule has 1 atom stereocenters. The van der Waals surface area contributed by atoms with Crippen molar-refractivity contribution in [2.75, 3.05) is 0 Å². The van der Waals surface area contributed by atoms with E-state index in [4.69, 9.17) is 5.11 Å². The summed E-state index contributed by atoms with van der Waals surface area (Å²) in [6.45, 7) is 5.51. The van der Waals surface area contributed by atoms with Gasteiger partial charge in [0.25, 0.3) is 0 Å². The quantitative estimate of drug-likeness (QED) is 0.565. The molecule has 1 unspecified atom stereocenters. The molecule has 0 aliphatic heterocycles. The summed E-state index contributed by atoms with van der Waals surface area (Å²) >= 11 is 0. The number of unbranched alkanes of at least 4 members (excludes halogenated alkanes) is 6. The maximum Gasteiger partial charge on any atom is 0.329 e. The van der Waals surface area contributed by atoms with E-state index in [0.29, 0.717) is 12.8 Å². The molecule has 0 aromatic carbocycles. The van der Waals surface area contributed by atoms with Crippen molar-refractivity contribution in [1.29, 1.82) is 0 Å². The summed E-state index contributed by atoms with van der Waals surface area (Å²) in [6.07, 6.45) is 8.91. The Labute approximate surface area is 117 Å². The monoisotopic (exact) mass is 271 g/mol. The summed E-state index contributed by atoms with van der Waals surface area (Å²) < 4.78 is 0. The van der Waals surface area contributed by atoms with E-state index in [2.05, 4.69) is 12.2 Å². The Balaban J connectivity index is 3.73. The van der Waals surface area contributed by atoms with Gasteiger partial charge in [-0.3, -0.25) is 4.79 Å². The summed E-state index contributed by atoms with van der Waals surface area (Å²) in [5, 5.41) is 11.7. The molecule has 0 saturated carbocycles. The maximum atomic E-state index is 11.7. The molecule has 4 nitrogen and oxygen atoms in total. The Kier molecular flexibility index (Phi) is 9.27. The van der Waals surface area contributed by atoms with Gasteiger partial charge in [-0.15, -0.1) is 0 Å². The van der Waals surface area contributed by atoms with Crippen LogP contribution in [0.1, 0.15) is 78.6 Å². The summed E-state index contributed by atoms with van der Waals surface area (Å²) in [7, 11) is 0. The van der Waals surface area contributed by atoms with Gasteiger partial charge in [0.1, 0.15) is 5.54 Å². The summed E-state index contributed by atoms with van der Waals surface area (Å²) in [4.78, 5) is 22.7. The van der Waals surface area contributed by atoms with Gasteiger partial charge in [0.05, 0.1) is 0 Å². The first kappa shape index (κ1) is 17.9. The fourth-order valence-electron chi connectivity index (χ4n) is 1.91. The minimum absolute atomic E-state index is 0.152. The lowest BCUT2D eigenvalue weighted by Gasteiger charge is -2.24. The molecule has 112 valence electrons. The Morgan fingerprint density at radius 3 is 2.00 bits per heavy atom. The largest absolute Gasteiger partial charge is 0.480 e. The fourth-order valence-corrected chi connectivity index (χ4v) is 1.91. The number of carboxylic acids is 1. The lowest BCUT2D eigenvalue weighted by atomic mass is 9.98. The van der Waals surface area contributed by atoms with Crippen molar-refractivity contribution in [2.45, 2.75) is 84.1 Å². The second kappa shape index (κ2) is 9.82. The SMILES string of the molecule is CCCCCCCCCC(=O)NC(C)(CC)C(=O)O. The fraction of sp³-hybridized carbons (Fsp3) is 0.867. The Morgan fingerprint density at radius 1 is 1.00 bits per heavy atom. The minimum atomic E-state index is -1.13. The summed E-state index contributed by atoms with van der Waals surface area (Å²) in [5.41, 5.74) is -1.13. The zero-order valence-corrected chi connectivity index (χ0v) is 12.6. The van der Waals surface area contributed by atoms with E-state index in [-0.39, 0.29) is 5.91 Å². The van der Waals surface area contributed by atoms with E-state index in [1.165, 1.54) is 25.7 Å². The highest BCUT2D eigenvalue weighted by molar-refractivity contribution is 5.86. The van der Waals surface area contributed by atoms with Gasteiger partial charge in [-0.1, -0.05) is 52.4 Å². The zero-order valence-electron chi connectivity index (χ0n) is 12.6. The third kappa shape index (κ3) is 7.85. The number of rotatable bonds is 11. The van der Waals surface area contributed by atoms with E-state index in [9.17, 15) is 9.59 Å². The highest BCUT2D eigenvalue weighted by Crippen LogP contribution is 2.11. The van der Waals surface area contributed by atoms with E-state index >= 15 is 0 Å². The predicted molar refractivity (Wildman–Crippen MR) is 77.1 cm³/mol. The minimum Gasteiger partial charge on any atom is -0.480 e. The van der Waals surface area contributed by atoms with Crippen LogP contribution in [0, 0.1) is 0 Å². The molecule has 2 N–H and O–H groups in total. The maximum absolute atomic E-state index is 11.7. The molecule has 0 saturated heterocycles. The lowest BCUT2D eigenvalue weighted by molar-refractivity contribution is -0.147. The Hall–Kier alpha value is -1.06. The predicted octanol–water partition coefficient (Wildman–Crippen LogP) is 3.50. The second-order valence-electron chi connectivity index (χ2n) is 5.41. The third-order valence-corrected chi connectivity index (χ3v) is 3.60. The molecule has 0 aliphatic rings. The van der Waals surface area contributed by atoms with E-state index in [0.717, 1.165) is 19.3 Å². The Morgan fingerprint density at radius 2 is 1.53 bits per heavy atom. The third-order valence-electron chi connectivity index (χ3n) is 3.60. The number of hydrogen-bond donors (Lipinski definition) is 2. The van der Waals surface area contributed by atoms with Crippen LogP contribution in [0.5, 0.6) is 0 Å². The van der Waals surface area contributed by atoms with Crippen molar-refractivity contribution in [3.05, 3.63) is 0 Å². The van der Waals surface area contributed by atoms with Crippen LogP contribution < -0.4 is 5.32 Å². The molecule has 0 aliphatic carbocycles. The molecule has 19 heavy (non-hydrogen) atoms. The van der Waals surface area contributed by atoms with Crippen LogP contribution in [0.3, 0.4) is 0 Å². The van der Waals surface area contributed by atoms with Crippen molar-refractivity contribution < 1.29 is 14.7 Å². The molecular formula is C15H29NO3. The first-order valence-electron chi connectivity index (χ1n) is 7.50. The number of hydrogen-bond acceptors (Lipinski definition) is 2. The van der Waals surface area contributed by atoms with Crippen molar-refractivity contribution in [3.8, 4) is 0 Å². The van der Waals surface area contributed by atoms with Gasteiger partial charge in [0.2, 0.25) is 5.91 Å². The van der Waals surface area contributed by atoms with Crippen molar-refractivity contribution >= 4 is 11.9 Å². The molecule has 0 fully saturated rings. The number of amides is 1. The van der Waals surface area contributed by atoms with Gasteiger partial charge >= 0.3 is 5.97 Å². The van der Waals surface area contributed by atoms with Gasteiger partial charge in [-0.25, -0.2) is 4.79 Å². The molecule has 0 aromatic heterocycles. The molecule has 1 amide bonds. The van der Waals surface area contributed by atoms with Crippen LogP contribution in [0.25, 0.3) is 0 Å². The molecule has 0 bridgehead atoms. The second-order valence-corrected chi connectivity index (χ2v) is 5.41. The smallest absolute Gasteiger partial charge is 0.329 e. The van der Waals surface area contributed by atoms with Crippen LogP contribution in [0.15, 0.2) is 0 Å². The standard InChI is InChI=1S/C15H29NO3/c1-4-6-7-8-9-10-11-12-13(17)16-15(3,5-2)14(18)19/h4-12H2,1-3H3,(H,16,17)(H,18,19). The zero-order chi connectivity index (χ0) is 14.7. The topological polar surface area (TPSA) is 66.4 Å². The van der Waals surface area contributed by atoms with E-state index in [1.54, 1.807) is 13.8 Å². The van der Waals surface area contributed by atoms with Gasteiger partial charge in [-0.05, 0) is 19.8 Å². The average Bonchev–Trinajstić information content (AvgIpc) is 2.37. The first-order valence-corrected chi connectivity index (χ1v) is 7.50. The van der Waals surface area contributed by atoms with Crippen molar-refractivity contribution in [3.63, 3.8) is 0 Å². The number of carboxylic acid groups (broad SMARTS) is 1. The van der Waals surface area contributed by atoms with Gasteiger partial charge < -0.3 is 10.4 Å². The number of carbonyl (C=O) groups excluding carboxylic acids is 1. The normalized spacial score (nSPS) is 13.8. The molecule has 0 aromatic rings. The molecule has 0 spiro atoms. The molecular weight excluding hydrogens is 242 g/mol. The highest BCUT2D eigenvalue weighted by atomic mass is 16.4. The lowest BCUT2D eigenvalue weighted by Crippen LogP contribution is -2.51. The van der Waals surface area contributed by atoms with Crippen molar-refractivity contribution in [2.24, 2.45) is 0 Å². The number of carbonyl (C=O) groups is 2. The van der Waals surface area contributed by atoms with Gasteiger partial charge in [0.15, 0.2) is 0 Å². The van der Waals surface area contributed by atoms with Gasteiger partial charge in [0, 0.05) is 6.42 Å². The van der Waals surface area contributed by atoms with E-state index in [1.807, 2.05) is 0 Å². The van der Waals surface area contributed by atoms with Crippen LogP contribution >= 0.6 is 0 Å². The van der Waals surface area contributed by atoms with Crippen molar-refractivity contribution in [1.82, 2.24) is 5.32 Å². The number of aliphatic carboxylic acids is 1. The van der Waals surface area contributed by atoms with E-state index < -0.39 is 11.5 Å². The van der Waals surface area contributed by atoms with Gasteiger partial charge in [-0.2, -0.15) is 0 Å². The first-order chi connectivity index (χ1) is 8.96. The molecule has 0 heterocycles. The highest BCUT2D eigenvalue weighted by Gasteiger charge is 2.32. The van der Waals surface area contributed by atoms with Crippen LogP contribution in [-0.4, -0.2) is 22.5 Å². The molecule has 4 heteroatoms. The summed E-state index contributed by atoms with van der Waals surface area (Å²) in [6, 6.07) is 0. The molecule has 0 rings (SSSR count). The van der Waals surface area contributed by atoms with Crippen LogP contribution in [0.4, 0.5) is 0 Å². The Bertz CT molecular complexity index is 279. The average molecular weight is 271 g/mol. The number of nitrogens with one attached hydrogen (secondary N) is 1.